The first-order chi connectivity index (χ1) is 16.6. The third-order valence-corrected chi connectivity index (χ3v) is 9.18. The first-order valence-corrected chi connectivity index (χ1v) is 13.3. The van der Waals surface area contributed by atoms with Gasteiger partial charge in [0.1, 0.15) is 5.58 Å². The average Bonchev–Trinajstić information content (AvgIpc) is 2.83. The van der Waals surface area contributed by atoms with Crippen LogP contribution in [0.3, 0.4) is 0 Å². The smallest absolute Gasteiger partial charge is 0.417 e. The van der Waals surface area contributed by atoms with E-state index in [0.29, 0.717) is 30.5 Å². The molecule has 186 valence electrons. The number of piperidine rings is 1. The van der Waals surface area contributed by atoms with E-state index in [2.05, 4.69) is 0 Å². The van der Waals surface area contributed by atoms with Crippen molar-refractivity contribution in [1.29, 1.82) is 0 Å². The monoisotopic (exact) mass is 505 g/mol. The van der Waals surface area contributed by atoms with Crippen LogP contribution in [0.4, 0.5) is 13.2 Å². The Morgan fingerprint density at radius 3 is 2.34 bits per heavy atom. The van der Waals surface area contributed by atoms with E-state index in [1.54, 1.807) is 34.6 Å². The van der Waals surface area contributed by atoms with Gasteiger partial charge in [0.05, 0.1) is 10.5 Å². The highest BCUT2D eigenvalue weighted by molar-refractivity contribution is 7.89. The molecule has 2 fully saturated rings. The van der Waals surface area contributed by atoms with E-state index in [4.69, 9.17) is 4.42 Å². The van der Waals surface area contributed by atoms with Gasteiger partial charge in [-0.15, -0.1) is 0 Å². The summed E-state index contributed by atoms with van der Waals surface area (Å²) < 4.78 is 73.7. The van der Waals surface area contributed by atoms with Crippen LogP contribution in [0.2, 0.25) is 0 Å². The third-order valence-electron chi connectivity index (χ3n) is 7.24. The number of sulfonamides is 1. The lowest BCUT2D eigenvalue weighted by molar-refractivity contribution is -0.136. The minimum atomic E-state index is -4.69. The van der Waals surface area contributed by atoms with E-state index in [0.717, 1.165) is 44.1 Å². The molecule has 0 spiro atoms. The second kappa shape index (κ2) is 9.09. The van der Waals surface area contributed by atoms with Gasteiger partial charge < -0.3 is 4.42 Å². The summed E-state index contributed by atoms with van der Waals surface area (Å²) in [6.45, 7) is 0.542. The summed E-state index contributed by atoms with van der Waals surface area (Å²) in [5, 5.41) is -0.180. The summed E-state index contributed by atoms with van der Waals surface area (Å²) in [6, 6.07) is 11.4. The molecule has 0 N–H and O–H groups in total. The van der Waals surface area contributed by atoms with Gasteiger partial charge in [0.15, 0.2) is 0 Å². The van der Waals surface area contributed by atoms with Crippen molar-refractivity contribution < 1.29 is 26.0 Å². The zero-order chi connectivity index (χ0) is 24.8. The van der Waals surface area contributed by atoms with Gasteiger partial charge in [0.2, 0.25) is 10.0 Å². The number of nitrogens with zero attached hydrogens (tertiary/aromatic N) is 1. The standard InChI is InChI=1S/C26H26F3NO4S/c27-26(28,29)22-16-25(31)34-24-12-9-18(15-21(22)24)14-17-7-10-20(11-8-17)35(32,33)30-13-3-5-19-4-1-2-6-23(19)30/h7-12,15-16,19,23H,1-6,13-14H2. The maximum absolute atomic E-state index is 13.4. The summed E-state index contributed by atoms with van der Waals surface area (Å²) in [7, 11) is -3.61. The van der Waals surface area contributed by atoms with Gasteiger partial charge in [-0.2, -0.15) is 17.5 Å². The number of hydrogen-bond acceptors (Lipinski definition) is 4. The molecule has 0 amide bonds. The predicted octanol–water partition coefficient (Wildman–Crippen LogP) is 5.75. The van der Waals surface area contributed by atoms with Crippen molar-refractivity contribution in [1.82, 2.24) is 4.31 Å². The van der Waals surface area contributed by atoms with Crippen molar-refractivity contribution in [3.8, 4) is 0 Å². The summed E-state index contributed by atoms with van der Waals surface area (Å²) in [4.78, 5) is 11.8. The first kappa shape index (κ1) is 24.1. The van der Waals surface area contributed by atoms with Crippen molar-refractivity contribution in [2.45, 2.75) is 62.1 Å². The fraction of sp³-hybridized carbons (Fsp3) is 0.423. The van der Waals surface area contributed by atoms with E-state index in [9.17, 15) is 26.4 Å². The molecule has 2 aromatic carbocycles. The fourth-order valence-corrected chi connectivity index (χ4v) is 7.34. The molecule has 2 unspecified atom stereocenters. The lowest BCUT2D eigenvalue weighted by atomic mass is 9.79. The lowest BCUT2D eigenvalue weighted by Crippen LogP contribution is -2.49. The summed E-state index contributed by atoms with van der Waals surface area (Å²) in [6.07, 6.45) is 1.79. The first-order valence-electron chi connectivity index (χ1n) is 11.9. The molecule has 2 atom stereocenters. The van der Waals surface area contributed by atoms with Crippen molar-refractivity contribution >= 4 is 21.0 Å². The maximum Gasteiger partial charge on any atom is 0.417 e. The van der Waals surface area contributed by atoms with Gasteiger partial charge in [-0.1, -0.05) is 31.0 Å². The van der Waals surface area contributed by atoms with Crippen LogP contribution in [0.5, 0.6) is 0 Å². The highest BCUT2D eigenvalue weighted by Crippen LogP contribution is 2.38. The Labute approximate surface area is 201 Å². The van der Waals surface area contributed by atoms with Gasteiger partial charge in [-0.05, 0) is 73.4 Å². The van der Waals surface area contributed by atoms with Crippen molar-refractivity contribution in [3.63, 3.8) is 0 Å². The Hall–Kier alpha value is -2.65. The number of alkyl halides is 3. The molecule has 3 aromatic rings. The molecule has 35 heavy (non-hydrogen) atoms. The predicted molar refractivity (Wildman–Crippen MR) is 126 cm³/mol. The molecular weight excluding hydrogens is 479 g/mol. The second-order valence-electron chi connectivity index (χ2n) is 9.50. The molecule has 1 aliphatic heterocycles. The number of hydrogen-bond donors (Lipinski definition) is 0. The maximum atomic E-state index is 13.4. The Balaban J connectivity index is 1.39. The van der Waals surface area contributed by atoms with E-state index in [-0.39, 0.29) is 21.9 Å². The quantitative estimate of drug-likeness (QED) is 0.424. The molecule has 0 radical (unpaired) electrons. The molecule has 5 rings (SSSR count). The number of fused-ring (bicyclic) bond motifs is 2. The minimum absolute atomic E-state index is 0.0719. The summed E-state index contributed by atoms with van der Waals surface area (Å²) in [5.74, 6) is 0.436. The van der Waals surface area contributed by atoms with Crippen LogP contribution in [0.15, 0.2) is 62.6 Å². The van der Waals surface area contributed by atoms with Crippen LogP contribution in [0.1, 0.15) is 55.2 Å². The van der Waals surface area contributed by atoms with Crippen LogP contribution >= 0.6 is 0 Å². The molecule has 1 saturated heterocycles. The van der Waals surface area contributed by atoms with E-state index < -0.39 is 27.4 Å². The van der Waals surface area contributed by atoms with E-state index in [1.807, 2.05) is 0 Å². The SMILES string of the molecule is O=c1cc(C(F)(F)F)c2cc(Cc3ccc(S(=O)(=O)N4CCCC5CCCCC54)cc3)ccc2o1. The van der Waals surface area contributed by atoms with E-state index in [1.165, 1.54) is 12.1 Å². The lowest BCUT2D eigenvalue weighted by Gasteiger charge is -2.43. The third kappa shape index (κ3) is 4.76. The topological polar surface area (TPSA) is 67.6 Å². The van der Waals surface area contributed by atoms with Gasteiger partial charge in [-0.3, -0.25) is 0 Å². The molecular formula is C26H26F3NO4S. The summed E-state index contributed by atoms with van der Waals surface area (Å²) >= 11 is 0. The van der Waals surface area contributed by atoms with Crippen molar-refractivity contribution in [2.24, 2.45) is 5.92 Å². The molecule has 1 aliphatic carbocycles. The molecule has 0 bridgehead atoms. The van der Waals surface area contributed by atoms with Crippen LogP contribution in [0, 0.1) is 5.92 Å². The Morgan fingerprint density at radius 2 is 1.60 bits per heavy atom. The average molecular weight is 506 g/mol. The zero-order valence-electron chi connectivity index (χ0n) is 19.1. The zero-order valence-corrected chi connectivity index (χ0v) is 19.9. The number of halogens is 3. The molecule has 1 aromatic heterocycles. The van der Waals surface area contributed by atoms with Gasteiger partial charge in [0, 0.05) is 24.0 Å². The largest absolute Gasteiger partial charge is 0.423 e. The van der Waals surface area contributed by atoms with Crippen LogP contribution < -0.4 is 5.63 Å². The van der Waals surface area contributed by atoms with Crippen LogP contribution in [-0.2, 0) is 22.6 Å². The van der Waals surface area contributed by atoms with Crippen molar-refractivity contribution in [3.05, 3.63) is 75.6 Å². The highest BCUT2D eigenvalue weighted by atomic mass is 32.2. The molecule has 2 aliphatic rings. The number of benzene rings is 2. The van der Waals surface area contributed by atoms with Crippen LogP contribution in [0.25, 0.3) is 11.0 Å². The normalized spacial score (nSPS) is 21.7. The minimum Gasteiger partial charge on any atom is -0.423 e. The second-order valence-corrected chi connectivity index (χ2v) is 11.4. The molecule has 9 heteroatoms. The molecule has 5 nitrogen and oxygen atoms in total. The van der Waals surface area contributed by atoms with Gasteiger partial charge in [-0.25, -0.2) is 13.2 Å². The van der Waals surface area contributed by atoms with Gasteiger partial charge in [0.25, 0.3) is 0 Å². The molecule has 1 saturated carbocycles. The molecule has 2 heterocycles. The summed E-state index contributed by atoms with van der Waals surface area (Å²) in [5.41, 5.74) is -0.855. The van der Waals surface area contributed by atoms with E-state index >= 15 is 0 Å². The fourth-order valence-electron chi connectivity index (χ4n) is 5.58. The van der Waals surface area contributed by atoms with Crippen LogP contribution in [-0.4, -0.2) is 25.3 Å². The Morgan fingerprint density at radius 1 is 0.914 bits per heavy atom. The van der Waals surface area contributed by atoms with Gasteiger partial charge >= 0.3 is 11.8 Å². The Bertz CT molecular complexity index is 1390. The van der Waals surface area contributed by atoms with Crippen molar-refractivity contribution in [2.75, 3.05) is 6.54 Å². The highest BCUT2D eigenvalue weighted by Gasteiger charge is 2.40. The Kier molecular flexibility index (Phi) is 6.25. The number of rotatable bonds is 4.